The predicted molar refractivity (Wildman–Crippen MR) is 53.4 cm³/mol. The van der Waals surface area contributed by atoms with Crippen molar-refractivity contribution in [3.63, 3.8) is 0 Å². The van der Waals surface area contributed by atoms with Crippen LogP contribution >= 0.6 is 0 Å². The summed E-state index contributed by atoms with van der Waals surface area (Å²) in [6.07, 6.45) is 13.4. The molecule has 0 aromatic rings. The highest BCUT2D eigenvalue weighted by atomic mass is 16.5. The van der Waals surface area contributed by atoms with E-state index in [1.54, 1.807) is 6.26 Å². The number of hydrogen-bond donors (Lipinski definition) is 1. The lowest BCUT2D eigenvalue weighted by Crippen LogP contribution is -2.37. The van der Waals surface area contributed by atoms with Crippen LogP contribution < -0.4 is 5.73 Å². The normalized spacial score (nSPS) is 27.3. The third kappa shape index (κ3) is 0.865. The van der Waals surface area contributed by atoms with E-state index in [1.807, 2.05) is 36.7 Å². The zero-order valence-corrected chi connectivity index (χ0v) is 7.55. The van der Waals surface area contributed by atoms with Gasteiger partial charge in [-0.15, -0.1) is 0 Å². The summed E-state index contributed by atoms with van der Waals surface area (Å²) in [5, 5.41) is 0. The second-order valence-electron chi connectivity index (χ2n) is 3.41. The molecule has 1 unspecified atom stereocenters. The van der Waals surface area contributed by atoms with Crippen molar-refractivity contribution in [2.24, 2.45) is 5.73 Å². The van der Waals surface area contributed by atoms with Crippen molar-refractivity contribution >= 4 is 0 Å². The third-order valence-corrected chi connectivity index (χ3v) is 2.59. The SMILES string of the molecule is NC1=CC=C2OC=CN3C=CC=C1C23. The molecule has 2 N–H and O–H groups in total. The van der Waals surface area contributed by atoms with Gasteiger partial charge in [0.25, 0.3) is 0 Å². The molecule has 2 heterocycles. The predicted octanol–water partition coefficient (Wildman–Crippen LogP) is 1.35. The standard InChI is InChI=1S/C11H10N2O/c12-9-3-4-10-11-8(9)2-1-5-13(11)6-7-14-10/h1-7,11H,12H2. The van der Waals surface area contributed by atoms with Gasteiger partial charge in [-0.3, -0.25) is 0 Å². The molecule has 3 heteroatoms. The first-order valence-electron chi connectivity index (χ1n) is 4.53. The summed E-state index contributed by atoms with van der Waals surface area (Å²) in [6.45, 7) is 0. The smallest absolute Gasteiger partial charge is 0.131 e. The molecule has 1 atom stereocenters. The van der Waals surface area contributed by atoms with Crippen molar-refractivity contribution in [3.8, 4) is 0 Å². The third-order valence-electron chi connectivity index (χ3n) is 2.59. The van der Waals surface area contributed by atoms with Crippen LogP contribution in [0.4, 0.5) is 0 Å². The van der Waals surface area contributed by atoms with Crippen LogP contribution in [0.25, 0.3) is 0 Å². The van der Waals surface area contributed by atoms with E-state index < -0.39 is 0 Å². The molecule has 14 heavy (non-hydrogen) atoms. The van der Waals surface area contributed by atoms with E-state index in [9.17, 15) is 0 Å². The first-order chi connectivity index (χ1) is 6.86. The number of allylic oxidation sites excluding steroid dienone is 4. The number of rotatable bonds is 0. The first-order valence-corrected chi connectivity index (χ1v) is 4.53. The second kappa shape index (κ2) is 2.54. The average molecular weight is 186 g/mol. The second-order valence-corrected chi connectivity index (χ2v) is 3.41. The molecule has 70 valence electrons. The number of hydrogen-bond acceptors (Lipinski definition) is 3. The molecule has 2 aliphatic heterocycles. The monoisotopic (exact) mass is 186 g/mol. The summed E-state index contributed by atoms with van der Waals surface area (Å²) in [7, 11) is 0. The highest BCUT2D eigenvalue weighted by Crippen LogP contribution is 2.33. The van der Waals surface area contributed by atoms with Gasteiger partial charge in [0.1, 0.15) is 18.1 Å². The van der Waals surface area contributed by atoms with Gasteiger partial charge in [0.15, 0.2) is 0 Å². The molecule has 0 bridgehead atoms. The zero-order valence-electron chi connectivity index (χ0n) is 7.55. The Kier molecular flexibility index (Phi) is 1.36. The van der Waals surface area contributed by atoms with Gasteiger partial charge in [-0.05, 0) is 18.2 Å². The lowest BCUT2D eigenvalue weighted by molar-refractivity contribution is 0.233. The Balaban J connectivity index is 2.17. The van der Waals surface area contributed by atoms with Gasteiger partial charge in [-0.25, -0.2) is 0 Å². The minimum Gasteiger partial charge on any atom is -0.465 e. The Bertz CT molecular complexity index is 427. The van der Waals surface area contributed by atoms with Crippen LogP contribution in [0.3, 0.4) is 0 Å². The maximum Gasteiger partial charge on any atom is 0.131 e. The summed E-state index contributed by atoms with van der Waals surface area (Å²) in [6, 6.07) is 0.134. The summed E-state index contributed by atoms with van der Waals surface area (Å²) < 4.78 is 5.43. The molecule has 0 fully saturated rings. The molecular weight excluding hydrogens is 176 g/mol. The maximum atomic E-state index is 5.90. The molecular formula is C11H10N2O. The summed E-state index contributed by atoms with van der Waals surface area (Å²) >= 11 is 0. The molecule has 0 aromatic carbocycles. The Hall–Kier alpha value is -1.90. The first kappa shape index (κ1) is 7.50. The van der Waals surface area contributed by atoms with Crippen molar-refractivity contribution < 1.29 is 4.74 Å². The van der Waals surface area contributed by atoms with Gasteiger partial charge in [0, 0.05) is 23.7 Å². The minimum absolute atomic E-state index is 0.134. The van der Waals surface area contributed by atoms with Crippen molar-refractivity contribution in [1.82, 2.24) is 4.90 Å². The maximum absolute atomic E-state index is 5.90. The van der Waals surface area contributed by atoms with E-state index in [1.165, 1.54) is 0 Å². The van der Waals surface area contributed by atoms with E-state index in [4.69, 9.17) is 10.5 Å². The lowest BCUT2D eigenvalue weighted by Gasteiger charge is -2.37. The van der Waals surface area contributed by atoms with Gasteiger partial charge in [0.05, 0.1) is 0 Å². The van der Waals surface area contributed by atoms with Crippen molar-refractivity contribution in [1.29, 1.82) is 0 Å². The Morgan fingerprint density at radius 2 is 2.14 bits per heavy atom. The van der Waals surface area contributed by atoms with Crippen LogP contribution in [0.1, 0.15) is 0 Å². The van der Waals surface area contributed by atoms with Crippen LogP contribution in [0.15, 0.2) is 60.0 Å². The highest BCUT2D eigenvalue weighted by molar-refractivity contribution is 5.49. The van der Waals surface area contributed by atoms with Crippen molar-refractivity contribution in [2.45, 2.75) is 6.04 Å². The van der Waals surface area contributed by atoms with E-state index in [-0.39, 0.29) is 6.04 Å². The van der Waals surface area contributed by atoms with Crippen LogP contribution in [0, 0.1) is 0 Å². The van der Waals surface area contributed by atoms with E-state index in [0.717, 1.165) is 17.0 Å². The topological polar surface area (TPSA) is 38.5 Å². The quantitative estimate of drug-likeness (QED) is 0.620. The fourth-order valence-corrected chi connectivity index (χ4v) is 1.92. The summed E-state index contributed by atoms with van der Waals surface area (Å²) in [4.78, 5) is 2.09. The fourth-order valence-electron chi connectivity index (χ4n) is 1.92. The summed E-state index contributed by atoms with van der Waals surface area (Å²) in [5.74, 6) is 0.928. The molecule has 3 rings (SSSR count). The molecule has 0 amide bonds. The van der Waals surface area contributed by atoms with Crippen molar-refractivity contribution in [2.75, 3.05) is 0 Å². The lowest BCUT2D eigenvalue weighted by atomic mass is 9.93. The van der Waals surface area contributed by atoms with Gasteiger partial charge in [-0.1, -0.05) is 6.08 Å². The highest BCUT2D eigenvalue weighted by Gasteiger charge is 2.31. The number of nitrogens with zero attached hydrogens (tertiary/aromatic N) is 1. The summed E-state index contributed by atoms with van der Waals surface area (Å²) in [5.41, 5.74) is 7.82. The molecule has 0 saturated carbocycles. The molecule has 3 aliphatic rings. The molecule has 0 aromatic heterocycles. The molecule has 0 saturated heterocycles. The largest absolute Gasteiger partial charge is 0.465 e. The molecule has 0 spiro atoms. The van der Waals surface area contributed by atoms with Gasteiger partial charge in [0.2, 0.25) is 0 Å². The van der Waals surface area contributed by atoms with Gasteiger partial charge < -0.3 is 15.4 Å². The van der Waals surface area contributed by atoms with Gasteiger partial charge in [-0.2, -0.15) is 0 Å². The van der Waals surface area contributed by atoms with Crippen LogP contribution in [0.5, 0.6) is 0 Å². The minimum atomic E-state index is 0.134. The molecule has 3 nitrogen and oxygen atoms in total. The van der Waals surface area contributed by atoms with Crippen LogP contribution in [0.2, 0.25) is 0 Å². The van der Waals surface area contributed by atoms with Crippen LogP contribution in [-0.4, -0.2) is 10.9 Å². The Morgan fingerprint density at radius 3 is 3.07 bits per heavy atom. The number of nitrogens with two attached hydrogens (primary N) is 1. The number of ether oxygens (including phenoxy) is 1. The van der Waals surface area contributed by atoms with Crippen LogP contribution in [-0.2, 0) is 4.74 Å². The fraction of sp³-hybridized carbons (Fsp3) is 0.0909. The molecule has 0 radical (unpaired) electrons. The Labute approximate surface area is 82.1 Å². The zero-order chi connectivity index (χ0) is 9.54. The average Bonchev–Trinajstić information content (AvgIpc) is 2.24. The van der Waals surface area contributed by atoms with Crippen molar-refractivity contribution in [3.05, 3.63) is 60.0 Å². The van der Waals surface area contributed by atoms with E-state index in [0.29, 0.717) is 0 Å². The van der Waals surface area contributed by atoms with E-state index in [2.05, 4.69) is 4.90 Å². The Morgan fingerprint density at radius 1 is 1.21 bits per heavy atom. The molecule has 1 aliphatic carbocycles. The van der Waals surface area contributed by atoms with Gasteiger partial charge >= 0.3 is 0 Å². The van der Waals surface area contributed by atoms with E-state index >= 15 is 0 Å².